The molecule has 0 rings (SSSR count). The molecule has 1 unspecified atom stereocenters. The van der Waals surface area contributed by atoms with Gasteiger partial charge in [0.15, 0.2) is 6.10 Å². The van der Waals surface area contributed by atoms with Crippen LogP contribution in [0.25, 0.3) is 0 Å². The predicted molar refractivity (Wildman–Crippen MR) is 266 cm³/mol. The van der Waals surface area contributed by atoms with Gasteiger partial charge in [-0.25, -0.2) is 0 Å². The maximum absolute atomic E-state index is 12.8. The average molecular weight is 877 g/mol. The number of hydrogen-bond acceptors (Lipinski definition) is 6. The first-order valence-electron chi connectivity index (χ1n) is 27.6. The minimum Gasteiger partial charge on any atom is -0.462 e. The van der Waals surface area contributed by atoms with Crippen LogP contribution in [0.15, 0.2) is 0 Å². The average Bonchev–Trinajstić information content (AvgIpc) is 3.24. The molecular weight excluding hydrogens is 769 g/mol. The van der Waals surface area contributed by atoms with Gasteiger partial charge >= 0.3 is 17.9 Å². The van der Waals surface area contributed by atoms with E-state index in [1.165, 1.54) is 186 Å². The van der Waals surface area contributed by atoms with Crippen molar-refractivity contribution >= 4 is 17.9 Å². The van der Waals surface area contributed by atoms with E-state index < -0.39 is 6.10 Å². The molecule has 62 heavy (non-hydrogen) atoms. The van der Waals surface area contributed by atoms with Gasteiger partial charge in [-0.1, -0.05) is 266 Å². The number of rotatable bonds is 49. The maximum atomic E-state index is 12.8. The Balaban J connectivity index is 4.29. The van der Waals surface area contributed by atoms with Crippen LogP contribution < -0.4 is 0 Å². The summed E-state index contributed by atoms with van der Waals surface area (Å²) in [7, 11) is 0. The summed E-state index contributed by atoms with van der Waals surface area (Å²) >= 11 is 0. The summed E-state index contributed by atoms with van der Waals surface area (Å²) in [5.41, 5.74) is 0. The zero-order valence-corrected chi connectivity index (χ0v) is 42.7. The highest BCUT2D eigenvalue weighted by Crippen LogP contribution is 2.18. The maximum Gasteiger partial charge on any atom is 0.306 e. The van der Waals surface area contributed by atoms with Crippen LogP contribution >= 0.6 is 0 Å². The van der Waals surface area contributed by atoms with Crippen molar-refractivity contribution in [3.05, 3.63) is 0 Å². The zero-order valence-electron chi connectivity index (χ0n) is 42.7. The summed E-state index contributed by atoms with van der Waals surface area (Å²) in [4.78, 5) is 38.0. The van der Waals surface area contributed by atoms with Crippen LogP contribution in [0.5, 0.6) is 0 Å². The van der Waals surface area contributed by atoms with E-state index in [2.05, 4.69) is 41.5 Å². The smallest absolute Gasteiger partial charge is 0.306 e. The van der Waals surface area contributed by atoms with E-state index >= 15 is 0 Å². The molecule has 0 fully saturated rings. The number of carbonyl (C=O) groups excluding carboxylic acids is 3. The van der Waals surface area contributed by atoms with Crippen LogP contribution in [0.1, 0.15) is 305 Å². The van der Waals surface area contributed by atoms with Crippen molar-refractivity contribution in [2.45, 2.75) is 311 Å². The molecule has 0 aliphatic heterocycles. The molecule has 0 N–H and O–H groups in total. The van der Waals surface area contributed by atoms with Gasteiger partial charge in [0.25, 0.3) is 0 Å². The van der Waals surface area contributed by atoms with Crippen LogP contribution in [0.2, 0.25) is 0 Å². The van der Waals surface area contributed by atoms with Crippen molar-refractivity contribution in [3.8, 4) is 0 Å². The Bertz CT molecular complexity index is 962. The van der Waals surface area contributed by atoms with E-state index in [9.17, 15) is 14.4 Å². The Hall–Kier alpha value is -1.59. The van der Waals surface area contributed by atoms with Crippen molar-refractivity contribution in [3.63, 3.8) is 0 Å². The molecule has 368 valence electrons. The van der Waals surface area contributed by atoms with Crippen molar-refractivity contribution < 1.29 is 28.6 Å². The summed E-state index contributed by atoms with van der Waals surface area (Å²) in [6.45, 7) is 13.8. The molecule has 0 aromatic carbocycles. The number of unbranched alkanes of at least 4 members (excludes halogenated alkanes) is 31. The van der Waals surface area contributed by atoms with Gasteiger partial charge < -0.3 is 14.2 Å². The number of ether oxygens (including phenoxy) is 3. The van der Waals surface area contributed by atoms with Gasteiger partial charge in [-0.15, -0.1) is 0 Å². The topological polar surface area (TPSA) is 78.9 Å². The lowest BCUT2D eigenvalue weighted by Crippen LogP contribution is -2.30. The number of esters is 3. The highest BCUT2D eigenvalue weighted by molar-refractivity contribution is 5.71. The molecule has 0 aliphatic carbocycles. The van der Waals surface area contributed by atoms with E-state index in [1.54, 1.807) is 0 Å². The van der Waals surface area contributed by atoms with Gasteiger partial charge in [-0.3, -0.25) is 14.4 Å². The van der Waals surface area contributed by atoms with Gasteiger partial charge in [-0.2, -0.15) is 0 Å². The summed E-state index contributed by atoms with van der Waals surface area (Å²) in [6.07, 6.45) is 48.0. The molecule has 0 aromatic rings. The van der Waals surface area contributed by atoms with E-state index in [0.29, 0.717) is 19.3 Å². The molecule has 6 nitrogen and oxygen atoms in total. The van der Waals surface area contributed by atoms with Gasteiger partial charge in [0, 0.05) is 19.3 Å². The van der Waals surface area contributed by atoms with Crippen molar-refractivity contribution in [1.82, 2.24) is 0 Å². The molecule has 0 aromatic heterocycles. The molecule has 0 aliphatic rings. The predicted octanol–water partition coefficient (Wildman–Crippen LogP) is 17.9. The number of carbonyl (C=O) groups is 3. The summed E-state index contributed by atoms with van der Waals surface area (Å²) in [5.74, 6) is 1.68. The first-order valence-corrected chi connectivity index (χ1v) is 27.6. The SMILES string of the molecule is CCC(C)CCCCCCCCCCCCCCCCC(=O)OC[C@@H](COC(=O)CCCCCCCCCCCCC(C)C)OC(=O)CCCCCCCCCCCCC(C)C. The Morgan fingerprint density at radius 1 is 0.323 bits per heavy atom. The zero-order chi connectivity index (χ0) is 45.6. The van der Waals surface area contributed by atoms with Crippen LogP contribution in [-0.2, 0) is 28.6 Å². The Morgan fingerprint density at radius 2 is 0.565 bits per heavy atom. The monoisotopic (exact) mass is 877 g/mol. The Morgan fingerprint density at radius 3 is 0.839 bits per heavy atom. The first kappa shape index (κ1) is 60.4. The summed E-state index contributed by atoms with van der Waals surface area (Å²) in [6, 6.07) is 0. The fourth-order valence-corrected chi connectivity index (χ4v) is 8.44. The molecule has 0 heterocycles. The van der Waals surface area contributed by atoms with Crippen LogP contribution in [0.3, 0.4) is 0 Å². The van der Waals surface area contributed by atoms with Gasteiger partial charge in [0.05, 0.1) is 0 Å². The third-order valence-electron chi connectivity index (χ3n) is 13.0. The fourth-order valence-electron chi connectivity index (χ4n) is 8.44. The lowest BCUT2D eigenvalue weighted by Gasteiger charge is -2.18. The van der Waals surface area contributed by atoms with E-state index in [4.69, 9.17) is 14.2 Å². The lowest BCUT2D eigenvalue weighted by molar-refractivity contribution is -0.167. The molecule has 0 spiro atoms. The minimum atomic E-state index is -0.763. The minimum absolute atomic E-state index is 0.0642. The first-order chi connectivity index (χ1) is 30.1. The molecular formula is C56H108O6. The van der Waals surface area contributed by atoms with Crippen LogP contribution in [0, 0.1) is 17.8 Å². The molecule has 6 heteroatoms. The fraction of sp³-hybridized carbons (Fsp3) is 0.946. The Kier molecular flexibility index (Phi) is 46.2. The second kappa shape index (κ2) is 47.4. The lowest BCUT2D eigenvalue weighted by atomic mass is 9.99. The summed E-state index contributed by atoms with van der Waals surface area (Å²) < 4.78 is 16.9. The second-order valence-electron chi connectivity index (χ2n) is 20.4. The molecule has 0 saturated carbocycles. The molecule has 0 amide bonds. The van der Waals surface area contributed by atoms with Crippen molar-refractivity contribution in [2.24, 2.45) is 17.8 Å². The molecule has 0 saturated heterocycles. The molecule has 0 bridgehead atoms. The molecule has 2 atom stereocenters. The molecule has 0 radical (unpaired) electrons. The van der Waals surface area contributed by atoms with Gasteiger partial charge in [0.2, 0.25) is 0 Å². The standard InChI is InChI=1S/C56H108O6/c1-7-52(6)44-38-32-26-20-12-10-8-9-11-13-21-27-33-39-45-54(57)60-48-53(62-56(59)47-41-35-29-23-17-15-19-25-31-37-43-51(4)5)49-61-55(58)46-40-34-28-22-16-14-18-24-30-36-42-50(2)3/h50-53H,7-49H2,1-6H3/t52?,53-/m0/s1. The number of hydrogen-bond donors (Lipinski definition) is 0. The highest BCUT2D eigenvalue weighted by Gasteiger charge is 2.19. The third-order valence-corrected chi connectivity index (χ3v) is 13.0. The van der Waals surface area contributed by atoms with E-state index in [-0.39, 0.29) is 31.1 Å². The highest BCUT2D eigenvalue weighted by atomic mass is 16.6. The van der Waals surface area contributed by atoms with Gasteiger partial charge in [0.1, 0.15) is 13.2 Å². The van der Waals surface area contributed by atoms with E-state index in [1.807, 2.05) is 0 Å². The third kappa shape index (κ3) is 47.9. The quantitative estimate of drug-likeness (QED) is 0.0344. The van der Waals surface area contributed by atoms with Crippen LogP contribution in [-0.4, -0.2) is 37.2 Å². The van der Waals surface area contributed by atoms with Gasteiger partial charge in [-0.05, 0) is 37.0 Å². The van der Waals surface area contributed by atoms with E-state index in [0.717, 1.165) is 75.5 Å². The van der Waals surface area contributed by atoms with Crippen LogP contribution in [0.4, 0.5) is 0 Å². The second-order valence-corrected chi connectivity index (χ2v) is 20.4. The largest absolute Gasteiger partial charge is 0.462 e. The normalized spacial score (nSPS) is 12.6. The van der Waals surface area contributed by atoms with Crippen molar-refractivity contribution in [1.29, 1.82) is 0 Å². The van der Waals surface area contributed by atoms with Crippen molar-refractivity contribution in [2.75, 3.05) is 13.2 Å². The Labute approximate surface area is 387 Å². The summed E-state index contributed by atoms with van der Waals surface area (Å²) in [5, 5.41) is 0.